The van der Waals surface area contributed by atoms with Gasteiger partial charge in [-0.25, -0.2) is 9.13 Å². The zero-order valence-corrected chi connectivity index (χ0v) is 53.5. The highest BCUT2D eigenvalue weighted by atomic mass is 31.2. The van der Waals surface area contributed by atoms with Gasteiger partial charge in [0, 0.05) is 25.7 Å². The summed E-state index contributed by atoms with van der Waals surface area (Å²) in [4.78, 5) is 72.0. The molecule has 0 aliphatic heterocycles. The molecule has 0 fully saturated rings. The first-order valence-corrected chi connectivity index (χ1v) is 35.8. The van der Waals surface area contributed by atoms with Gasteiger partial charge in [0.05, 0.1) is 26.4 Å². The summed E-state index contributed by atoms with van der Waals surface area (Å²) < 4.78 is 67.8. The van der Waals surface area contributed by atoms with Crippen molar-refractivity contribution in [3.05, 3.63) is 0 Å². The predicted octanol–water partition coefficient (Wildman–Crippen LogP) is 17.2. The van der Waals surface area contributed by atoms with Crippen molar-refractivity contribution in [3.8, 4) is 0 Å². The Morgan fingerprint density at radius 1 is 0.296 bits per heavy atom. The van der Waals surface area contributed by atoms with Gasteiger partial charge >= 0.3 is 39.5 Å². The number of unbranched alkanes of at least 4 members (excludes halogenated alkanes) is 37. The summed E-state index contributed by atoms with van der Waals surface area (Å²) >= 11 is 0. The Morgan fingerprint density at radius 3 is 0.728 bits per heavy atom. The predicted molar refractivity (Wildman–Crippen MR) is 322 cm³/mol. The Kier molecular flexibility index (Phi) is 55.8. The van der Waals surface area contributed by atoms with Gasteiger partial charge in [-0.15, -0.1) is 0 Å². The van der Waals surface area contributed by atoms with Crippen LogP contribution in [-0.2, 0) is 65.4 Å². The van der Waals surface area contributed by atoms with Gasteiger partial charge in [-0.2, -0.15) is 0 Å². The number of ether oxygens (including phenoxy) is 4. The highest BCUT2D eigenvalue weighted by molar-refractivity contribution is 7.47. The van der Waals surface area contributed by atoms with Gasteiger partial charge in [0.25, 0.3) is 0 Å². The molecule has 0 spiro atoms. The molecule has 5 atom stereocenters. The fourth-order valence-electron chi connectivity index (χ4n) is 9.28. The number of esters is 4. The maximum absolute atomic E-state index is 12.9. The van der Waals surface area contributed by atoms with Crippen molar-refractivity contribution in [2.45, 2.75) is 335 Å². The van der Waals surface area contributed by atoms with Crippen molar-refractivity contribution >= 4 is 39.5 Å². The Labute approximate surface area is 492 Å². The van der Waals surface area contributed by atoms with Crippen molar-refractivity contribution < 1.29 is 80.2 Å². The number of phosphoric acid groups is 2. The quantitative estimate of drug-likeness (QED) is 0.0222. The first-order chi connectivity index (χ1) is 39.2. The molecule has 0 rings (SSSR count). The van der Waals surface area contributed by atoms with Crippen LogP contribution in [-0.4, -0.2) is 96.7 Å². The first-order valence-electron chi connectivity index (χ1n) is 32.8. The molecule has 19 heteroatoms. The van der Waals surface area contributed by atoms with Gasteiger partial charge in [0.2, 0.25) is 0 Å². The van der Waals surface area contributed by atoms with Crippen molar-refractivity contribution in [2.75, 3.05) is 39.6 Å². The lowest BCUT2D eigenvalue weighted by molar-refractivity contribution is -0.161. The lowest BCUT2D eigenvalue weighted by Gasteiger charge is -2.21. The molecule has 0 aromatic heterocycles. The van der Waals surface area contributed by atoms with Crippen LogP contribution < -0.4 is 0 Å². The largest absolute Gasteiger partial charge is 0.472 e. The molecule has 0 aromatic carbocycles. The van der Waals surface area contributed by atoms with Crippen LogP contribution >= 0.6 is 15.6 Å². The molecule has 0 aliphatic rings. The first kappa shape index (κ1) is 79.1. The summed E-state index contributed by atoms with van der Waals surface area (Å²) in [6.07, 6.45) is 41.6. The fraction of sp³-hybridized carbons (Fsp3) is 0.935. The molecule has 0 aromatic rings. The minimum atomic E-state index is -4.94. The van der Waals surface area contributed by atoms with Gasteiger partial charge in [0.1, 0.15) is 19.3 Å². The minimum Gasteiger partial charge on any atom is -0.462 e. The Bertz CT molecular complexity index is 1570. The summed E-state index contributed by atoms with van der Waals surface area (Å²) in [5.41, 5.74) is 0. The van der Waals surface area contributed by atoms with E-state index in [4.69, 9.17) is 37.0 Å². The second-order valence-electron chi connectivity index (χ2n) is 22.4. The molecule has 81 heavy (non-hydrogen) atoms. The molecule has 0 saturated heterocycles. The number of carbonyl (C=O) groups excluding carboxylic acids is 4. The Balaban J connectivity index is 5.21. The maximum atomic E-state index is 12.9. The SMILES string of the molecule is CCCCCCCCCCCCCCC(=O)O[C@H](COC(=O)CCCCCCCCCCCCC)COP(=O)(O)OC[C@@H](O)COP(=O)(O)OC[C@@H](COC(=O)CCCCCCCCC)OC(=O)CCCCCCCCCCCCC. The molecule has 0 saturated carbocycles. The summed E-state index contributed by atoms with van der Waals surface area (Å²) in [7, 11) is -9.87. The highest BCUT2D eigenvalue weighted by Gasteiger charge is 2.30. The van der Waals surface area contributed by atoms with Gasteiger partial charge < -0.3 is 33.8 Å². The van der Waals surface area contributed by atoms with Gasteiger partial charge in [-0.1, -0.05) is 265 Å². The summed E-state index contributed by atoms with van der Waals surface area (Å²) in [6.45, 7) is 4.84. The van der Waals surface area contributed by atoms with Crippen LogP contribution in [0.3, 0.4) is 0 Å². The zero-order valence-electron chi connectivity index (χ0n) is 51.7. The highest BCUT2D eigenvalue weighted by Crippen LogP contribution is 2.45. The molecule has 0 bridgehead atoms. The number of hydrogen-bond acceptors (Lipinski definition) is 15. The normalized spacial score (nSPS) is 14.2. The van der Waals surface area contributed by atoms with Crippen molar-refractivity contribution in [1.82, 2.24) is 0 Å². The molecule has 0 heterocycles. The van der Waals surface area contributed by atoms with Crippen LogP contribution in [0, 0.1) is 0 Å². The minimum absolute atomic E-state index is 0.107. The maximum Gasteiger partial charge on any atom is 0.472 e. The number of aliphatic hydroxyl groups excluding tert-OH is 1. The summed E-state index contributed by atoms with van der Waals surface area (Å²) in [5.74, 6) is -2.14. The molecule has 0 aliphatic carbocycles. The lowest BCUT2D eigenvalue weighted by Crippen LogP contribution is -2.30. The van der Waals surface area contributed by atoms with Crippen LogP contribution in [0.4, 0.5) is 0 Å². The third kappa shape index (κ3) is 56.9. The molecule has 3 N–H and O–H groups in total. The van der Waals surface area contributed by atoms with E-state index in [1.54, 1.807) is 0 Å². The summed E-state index contributed by atoms with van der Waals surface area (Å²) in [6, 6.07) is 0. The van der Waals surface area contributed by atoms with Crippen LogP contribution in [0.25, 0.3) is 0 Å². The van der Waals surface area contributed by atoms with E-state index in [9.17, 15) is 43.2 Å². The van der Waals surface area contributed by atoms with Crippen LogP contribution in [0.15, 0.2) is 0 Å². The van der Waals surface area contributed by atoms with E-state index in [0.29, 0.717) is 25.7 Å². The number of phosphoric ester groups is 2. The third-order valence-electron chi connectivity index (χ3n) is 14.4. The van der Waals surface area contributed by atoms with E-state index < -0.39 is 97.5 Å². The molecule has 0 radical (unpaired) electrons. The van der Waals surface area contributed by atoms with E-state index in [0.717, 1.165) is 103 Å². The molecule has 0 amide bonds. The van der Waals surface area contributed by atoms with E-state index in [1.165, 1.54) is 135 Å². The number of hydrogen-bond donors (Lipinski definition) is 3. The van der Waals surface area contributed by atoms with Crippen LogP contribution in [0.1, 0.15) is 317 Å². The second kappa shape index (κ2) is 57.2. The van der Waals surface area contributed by atoms with E-state index in [-0.39, 0.29) is 25.7 Å². The standard InChI is InChI=1S/C62H120O17P2/c1-5-9-13-17-21-24-27-30-33-37-41-45-49-62(67)79-58(53-73-60(65)47-43-39-35-31-28-25-22-18-14-10-6-2)55-77-81(70,71)75-51-56(63)50-74-80(68,69)76-54-57(52-72-59(64)46-42-38-34-20-16-12-8-4)78-61(66)48-44-40-36-32-29-26-23-19-15-11-7-3/h56-58,63H,5-55H2,1-4H3,(H,68,69)(H,70,71)/t56-,57+,58+/m0/s1. The van der Waals surface area contributed by atoms with E-state index in [1.807, 2.05) is 0 Å². The Morgan fingerprint density at radius 2 is 0.494 bits per heavy atom. The summed E-state index contributed by atoms with van der Waals surface area (Å²) in [5, 5.41) is 10.5. The molecule has 480 valence electrons. The molecular weight excluding hydrogens is 1080 g/mol. The average molecular weight is 1200 g/mol. The van der Waals surface area contributed by atoms with Crippen molar-refractivity contribution in [1.29, 1.82) is 0 Å². The van der Waals surface area contributed by atoms with Gasteiger partial charge in [-0.05, 0) is 25.7 Å². The number of carbonyl (C=O) groups is 4. The topological polar surface area (TPSA) is 237 Å². The van der Waals surface area contributed by atoms with Crippen molar-refractivity contribution in [2.24, 2.45) is 0 Å². The van der Waals surface area contributed by atoms with Gasteiger partial charge in [0.15, 0.2) is 12.2 Å². The fourth-order valence-corrected chi connectivity index (χ4v) is 10.9. The number of aliphatic hydroxyl groups is 1. The van der Waals surface area contributed by atoms with E-state index >= 15 is 0 Å². The molecule has 17 nitrogen and oxygen atoms in total. The number of rotatable bonds is 63. The monoisotopic (exact) mass is 1200 g/mol. The lowest BCUT2D eigenvalue weighted by atomic mass is 10.0. The van der Waals surface area contributed by atoms with Crippen LogP contribution in [0.5, 0.6) is 0 Å². The molecule has 2 unspecified atom stereocenters. The zero-order chi connectivity index (χ0) is 59.8. The average Bonchev–Trinajstić information content (AvgIpc) is 3.45. The smallest absolute Gasteiger partial charge is 0.462 e. The third-order valence-corrected chi connectivity index (χ3v) is 16.3. The molecular formula is C62H120O17P2. The second-order valence-corrected chi connectivity index (χ2v) is 25.4. The van der Waals surface area contributed by atoms with E-state index in [2.05, 4.69) is 27.7 Å². The van der Waals surface area contributed by atoms with Crippen LogP contribution in [0.2, 0.25) is 0 Å². The Hall–Kier alpha value is -1.94. The van der Waals surface area contributed by atoms with Gasteiger partial charge in [-0.3, -0.25) is 37.3 Å². The van der Waals surface area contributed by atoms with Crippen molar-refractivity contribution in [3.63, 3.8) is 0 Å².